The molecule has 1 rings (SSSR count). The molecular weight excluding hydrogens is 182 g/mol. The molecule has 1 aromatic rings. The van der Waals surface area contributed by atoms with E-state index < -0.39 is 0 Å². The molecule has 0 saturated heterocycles. The van der Waals surface area contributed by atoms with Crippen molar-refractivity contribution >= 4 is 5.91 Å². The molecule has 0 spiro atoms. The molecule has 2 unspecified atom stereocenters. The minimum Gasteiger partial charge on any atom is -0.369 e. The molecule has 0 aliphatic carbocycles. The number of aromatic amines is 1. The van der Waals surface area contributed by atoms with Gasteiger partial charge in [-0.2, -0.15) is 5.21 Å². The number of hydrogen-bond donors (Lipinski definition) is 2. The number of H-pyrrole nitrogens is 1. The Morgan fingerprint density at radius 3 is 2.71 bits per heavy atom. The second-order valence-corrected chi connectivity index (χ2v) is 3.55. The summed E-state index contributed by atoms with van der Waals surface area (Å²) in [5.41, 5.74) is 5.15. The molecule has 3 N–H and O–H groups in total. The highest BCUT2D eigenvalue weighted by Gasteiger charge is 2.14. The number of hydrogen-bond acceptors (Lipinski definition) is 4. The first-order chi connectivity index (χ1) is 6.61. The maximum atomic E-state index is 10.8. The van der Waals surface area contributed by atoms with Crippen molar-refractivity contribution in [2.45, 2.75) is 32.6 Å². The summed E-state index contributed by atoms with van der Waals surface area (Å²) < 4.78 is 0. The molecule has 0 radical (unpaired) electrons. The Kier molecular flexibility index (Phi) is 3.55. The van der Waals surface area contributed by atoms with Gasteiger partial charge in [0, 0.05) is 11.8 Å². The third-order valence-electron chi connectivity index (χ3n) is 2.32. The number of amides is 1. The number of nitrogens with one attached hydrogen (secondary N) is 1. The van der Waals surface area contributed by atoms with Gasteiger partial charge < -0.3 is 5.73 Å². The molecule has 78 valence electrons. The number of nitrogens with zero attached hydrogens (tertiary/aromatic N) is 3. The Morgan fingerprint density at radius 2 is 2.21 bits per heavy atom. The lowest BCUT2D eigenvalue weighted by molar-refractivity contribution is -0.121. The van der Waals surface area contributed by atoms with Gasteiger partial charge in [-0.05, 0) is 12.8 Å². The summed E-state index contributed by atoms with van der Waals surface area (Å²) in [7, 11) is 0. The van der Waals surface area contributed by atoms with Crippen LogP contribution in [0.4, 0.5) is 0 Å². The number of tetrazole rings is 1. The van der Waals surface area contributed by atoms with Crippen molar-refractivity contribution in [3.8, 4) is 0 Å². The van der Waals surface area contributed by atoms with E-state index in [1.807, 2.05) is 13.8 Å². The highest BCUT2D eigenvalue weighted by Crippen LogP contribution is 2.18. The van der Waals surface area contributed by atoms with Gasteiger partial charge in [0.15, 0.2) is 5.82 Å². The summed E-state index contributed by atoms with van der Waals surface area (Å²) >= 11 is 0. The predicted molar refractivity (Wildman–Crippen MR) is 50.2 cm³/mol. The van der Waals surface area contributed by atoms with Gasteiger partial charge in [-0.1, -0.05) is 19.1 Å². The highest BCUT2D eigenvalue weighted by molar-refractivity contribution is 5.76. The maximum Gasteiger partial charge on any atom is 0.220 e. The average molecular weight is 197 g/mol. The summed E-state index contributed by atoms with van der Waals surface area (Å²) in [6, 6.07) is 0. The van der Waals surface area contributed by atoms with Crippen LogP contribution in [0.25, 0.3) is 0 Å². The van der Waals surface area contributed by atoms with E-state index >= 15 is 0 Å². The van der Waals surface area contributed by atoms with Gasteiger partial charge in [0.1, 0.15) is 0 Å². The fraction of sp³-hybridized carbons (Fsp3) is 0.750. The molecule has 2 atom stereocenters. The number of aromatic nitrogens is 4. The molecule has 6 nitrogen and oxygen atoms in total. The van der Waals surface area contributed by atoms with Crippen molar-refractivity contribution in [2.75, 3.05) is 0 Å². The van der Waals surface area contributed by atoms with Crippen molar-refractivity contribution in [1.82, 2.24) is 20.6 Å². The smallest absolute Gasteiger partial charge is 0.220 e. The van der Waals surface area contributed by atoms with E-state index in [4.69, 9.17) is 5.73 Å². The van der Waals surface area contributed by atoms with E-state index in [2.05, 4.69) is 20.6 Å². The van der Waals surface area contributed by atoms with Crippen LogP contribution in [0, 0.1) is 5.92 Å². The Hall–Kier alpha value is -1.46. The lowest BCUT2D eigenvalue weighted by Crippen LogP contribution is -2.20. The molecule has 0 fully saturated rings. The molecular formula is C8H15N5O. The van der Waals surface area contributed by atoms with E-state index in [0.717, 1.165) is 12.8 Å². The molecule has 1 amide bonds. The highest BCUT2D eigenvalue weighted by atomic mass is 16.1. The van der Waals surface area contributed by atoms with Crippen molar-refractivity contribution in [2.24, 2.45) is 11.7 Å². The molecule has 14 heavy (non-hydrogen) atoms. The largest absolute Gasteiger partial charge is 0.369 e. The van der Waals surface area contributed by atoms with E-state index in [1.54, 1.807) is 0 Å². The van der Waals surface area contributed by atoms with Crippen molar-refractivity contribution in [3.05, 3.63) is 5.82 Å². The first-order valence-corrected chi connectivity index (χ1v) is 4.64. The van der Waals surface area contributed by atoms with Crippen molar-refractivity contribution in [3.63, 3.8) is 0 Å². The normalized spacial score (nSPS) is 15.0. The first kappa shape index (κ1) is 10.6. The second kappa shape index (κ2) is 4.69. The summed E-state index contributed by atoms with van der Waals surface area (Å²) in [6.45, 7) is 3.82. The van der Waals surface area contributed by atoms with Crippen LogP contribution in [-0.2, 0) is 4.79 Å². The molecule has 6 heteroatoms. The van der Waals surface area contributed by atoms with E-state index in [9.17, 15) is 4.79 Å². The molecule has 1 aromatic heterocycles. The fourth-order valence-electron chi connectivity index (χ4n) is 1.15. The van der Waals surface area contributed by atoms with E-state index in [1.165, 1.54) is 0 Å². The van der Waals surface area contributed by atoms with Crippen LogP contribution in [0.3, 0.4) is 0 Å². The van der Waals surface area contributed by atoms with Gasteiger partial charge >= 0.3 is 0 Å². The van der Waals surface area contributed by atoms with Crippen molar-refractivity contribution < 1.29 is 4.79 Å². The van der Waals surface area contributed by atoms with Crippen LogP contribution in [0.1, 0.15) is 38.4 Å². The maximum absolute atomic E-state index is 10.8. The summed E-state index contributed by atoms with van der Waals surface area (Å²) in [4.78, 5) is 10.8. The number of carbonyl (C=O) groups excluding carboxylic acids is 1. The molecule has 1 heterocycles. The zero-order valence-corrected chi connectivity index (χ0v) is 8.40. The number of nitrogens with two attached hydrogens (primary N) is 1. The number of rotatable bonds is 5. The quantitative estimate of drug-likeness (QED) is 0.704. The van der Waals surface area contributed by atoms with Gasteiger partial charge in [-0.15, -0.1) is 10.2 Å². The lowest BCUT2D eigenvalue weighted by Gasteiger charge is -2.09. The summed E-state index contributed by atoms with van der Waals surface area (Å²) in [6.07, 6.45) is 1.59. The molecule has 0 aromatic carbocycles. The molecule has 0 aliphatic heterocycles. The van der Waals surface area contributed by atoms with Crippen LogP contribution in [0.15, 0.2) is 0 Å². The van der Waals surface area contributed by atoms with E-state index in [0.29, 0.717) is 5.82 Å². The Balaban J connectivity index is 2.35. The van der Waals surface area contributed by atoms with Crippen LogP contribution in [0.5, 0.6) is 0 Å². The van der Waals surface area contributed by atoms with Crippen LogP contribution >= 0.6 is 0 Å². The van der Waals surface area contributed by atoms with Gasteiger partial charge in [-0.3, -0.25) is 4.79 Å². The lowest BCUT2D eigenvalue weighted by atomic mass is 9.97. The Morgan fingerprint density at radius 1 is 1.50 bits per heavy atom. The Labute approximate surface area is 82.3 Å². The summed E-state index contributed by atoms with van der Waals surface area (Å²) in [5.74, 6) is 0.534. The molecule has 0 bridgehead atoms. The topological polar surface area (TPSA) is 97.6 Å². The zero-order valence-electron chi connectivity index (χ0n) is 8.40. The standard InChI is InChI=1S/C8H15N5O/c1-5(7(9)14)3-4-6(2)8-10-12-13-11-8/h5-6H,3-4H2,1-2H3,(H2,9,14)(H,10,11,12,13). The third kappa shape index (κ3) is 2.79. The van der Waals surface area contributed by atoms with Gasteiger partial charge in [0.05, 0.1) is 0 Å². The third-order valence-corrected chi connectivity index (χ3v) is 2.32. The van der Waals surface area contributed by atoms with Gasteiger partial charge in [-0.25, -0.2) is 0 Å². The second-order valence-electron chi connectivity index (χ2n) is 3.55. The van der Waals surface area contributed by atoms with Crippen LogP contribution in [-0.4, -0.2) is 26.5 Å². The minimum atomic E-state index is -0.259. The fourth-order valence-corrected chi connectivity index (χ4v) is 1.15. The minimum absolute atomic E-state index is 0.0932. The van der Waals surface area contributed by atoms with Gasteiger partial charge in [0.2, 0.25) is 5.91 Å². The van der Waals surface area contributed by atoms with Gasteiger partial charge in [0.25, 0.3) is 0 Å². The monoisotopic (exact) mass is 197 g/mol. The van der Waals surface area contributed by atoms with Crippen molar-refractivity contribution in [1.29, 1.82) is 0 Å². The molecule has 0 saturated carbocycles. The van der Waals surface area contributed by atoms with E-state index in [-0.39, 0.29) is 17.7 Å². The average Bonchev–Trinajstić information content (AvgIpc) is 2.66. The predicted octanol–water partition coefficient (Wildman–Crippen LogP) is 0.205. The number of primary amides is 1. The summed E-state index contributed by atoms with van der Waals surface area (Å²) in [5, 5.41) is 13.6. The zero-order chi connectivity index (χ0) is 10.6. The Bertz CT molecular complexity index is 284. The van der Waals surface area contributed by atoms with Crippen LogP contribution < -0.4 is 5.73 Å². The molecule has 0 aliphatic rings. The first-order valence-electron chi connectivity index (χ1n) is 4.64. The SMILES string of the molecule is CC(CCC(C)c1nn[nH]n1)C(N)=O. The number of carbonyl (C=O) groups is 1. The van der Waals surface area contributed by atoms with Crippen LogP contribution in [0.2, 0.25) is 0 Å².